The fourth-order valence-corrected chi connectivity index (χ4v) is 1.31. The lowest BCUT2D eigenvalue weighted by Gasteiger charge is -2.05. The molecule has 0 saturated heterocycles. The molecule has 0 unspecified atom stereocenters. The summed E-state index contributed by atoms with van der Waals surface area (Å²) in [6.07, 6.45) is 5.27. The van der Waals surface area contributed by atoms with Gasteiger partial charge < -0.3 is 4.74 Å². The second-order valence-electron chi connectivity index (χ2n) is 3.17. The van der Waals surface area contributed by atoms with Gasteiger partial charge in [0.05, 0.1) is 18.2 Å². The maximum absolute atomic E-state index is 5.66. The molecule has 0 atom stereocenters. The second-order valence-corrected chi connectivity index (χ2v) is 3.44. The molecule has 1 rings (SSSR count). The summed E-state index contributed by atoms with van der Waals surface area (Å²) in [5, 5.41) is 0. The van der Waals surface area contributed by atoms with Crippen LogP contribution in [0, 0.1) is 0 Å². The maximum atomic E-state index is 5.66. The predicted octanol–water partition coefficient (Wildman–Crippen LogP) is 3.39. The van der Waals surface area contributed by atoms with Crippen molar-refractivity contribution in [1.82, 2.24) is 4.98 Å². The molecular weight excluding hydrogens is 198 g/mol. The predicted molar refractivity (Wildman–Crippen MR) is 58.8 cm³/mol. The van der Waals surface area contributed by atoms with Gasteiger partial charge in [-0.1, -0.05) is 19.8 Å². The summed E-state index contributed by atoms with van der Waals surface area (Å²) in [5.41, 5.74) is 0.861. The van der Waals surface area contributed by atoms with E-state index < -0.39 is 0 Å². The summed E-state index contributed by atoms with van der Waals surface area (Å²) in [7, 11) is 0. The van der Waals surface area contributed by atoms with Gasteiger partial charge in [-0.05, 0) is 12.5 Å². The smallest absolute Gasteiger partial charge is 0.122 e. The van der Waals surface area contributed by atoms with Crippen LogP contribution < -0.4 is 4.74 Å². The molecule has 0 spiro atoms. The van der Waals surface area contributed by atoms with E-state index in [1.807, 2.05) is 12.1 Å². The third-order valence-electron chi connectivity index (χ3n) is 1.94. The van der Waals surface area contributed by atoms with Crippen molar-refractivity contribution in [3.05, 3.63) is 24.0 Å². The topological polar surface area (TPSA) is 22.1 Å². The Morgan fingerprint density at radius 1 is 1.43 bits per heavy atom. The molecule has 0 aromatic carbocycles. The molecule has 0 saturated carbocycles. The van der Waals surface area contributed by atoms with E-state index in [1.165, 1.54) is 12.8 Å². The van der Waals surface area contributed by atoms with Crippen LogP contribution in [0.1, 0.15) is 31.9 Å². The van der Waals surface area contributed by atoms with Crippen molar-refractivity contribution in [3.63, 3.8) is 0 Å². The van der Waals surface area contributed by atoms with Crippen LogP contribution >= 0.6 is 11.6 Å². The normalized spacial score (nSPS) is 10.1. The van der Waals surface area contributed by atoms with Crippen LogP contribution in [-0.4, -0.2) is 11.6 Å². The molecule has 0 aliphatic carbocycles. The number of ether oxygens (including phenoxy) is 1. The zero-order valence-electron chi connectivity index (χ0n) is 8.50. The maximum Gasteiger partial charge on any atom is 0.122 e. The number of pyridine rings is 1. The van der Waals surface area contributed by atoms with E-state index in [9.17, 15) is 0 Å². The summed E-state index contributed by atoms with van der Waals surface area (Å²) in [5.74, 6) is 1.30. The highest BCUT2D eigenvalue weighted by Gasteiger charge is 1.96. The molecule has 0 radical (unpaired) electrons. The van der Waals surface area contributed by atoms with Crippen molar-refractivity contribution in [2.75, 3.05) is 6.61 Å². The average Bonchev–Trinajstić information content (AvgIpc) is 2.25. The molecule has 0 fully saturated rings. The van der Waals surface area contributed by atoms with E-state index in [-0.39, 0.29) is 0 Å². The van der Waals surface area contributed by atoms with E-state index in [0.29, 0.717) is 5.88 Å². The van der Waals surface area contributed by atoms with Crippen LogP contribution in [0.4, 0.5) is 0 Å². The first-order valence-corrected chi connectivity index (χ1v) is 5.54. The van der Waals surface area contributed by atoms with Crippen LogP contribution in [0.5, 0.6) is 5.75 Å². The molecule has 0 aliphatic rings. The lowest BCUT2D eigenvalue weighted by atomic mass is 10.3. The highest BCUT2D eigenvalue weighted by Crippen LogP contribution is 2.12. The number of nitrogens with zero attached hydrogens (tertiary/aromatic N) is 1. The van der Waals surface area contributed by atoms with Crippen molar-refractivity contribution in [1.29, 1.82) is 0 Å². The number of halogens is 1. The second kappa shape index (κ2) is 6.66. The lowest BCUT2D eigenvalue weighted by Crippen LogP contribution is -1.97. The largest absolute Gasteiger partial charge is 0.493 e. The third-order valence-corrected chi connectivity index (χ3v) is 2.22. The third kappa shape index (κ3) is 3.97. The van der Waals surface area contributed by atoms with Crippen molar-refractivity contribution in [3.8, 4) is 5.75 Å². The van der Waals surface area contributed by atoms with Crippen molar-refractivity contribution in [2.24, 2.45) is 0 Å². The Labute approximate surface area is 90.3 Å². The van der Waals surface area contributed by atoms with Crippen LogP contribution in [0.25, 0.3) is 0 Å². The zero-order valence-corrected chi connectivity index (χ0v) is 9.26. The summed E-state index contributed by atoms with van der Waals surface area (Å²) in [4.78, 5) is 4.09. The number of aromatic nitrogens is 1. The van der Waals surface area contributed by atoms with Gasteiger partial charge in [-0.15, -0.1) is 11.6 Å². The molecule has 1 aromatic rings. The number of unbranched alkanes of at least 4 members (excludes halogenated alkanes) is 2. The van der Waals surface area contributed by atoms with Gasteiger partial charge in [0.1, 0.15) is 5.75 Å². The SMILES string of the molecule is CCCCCOc1ccnc(CCl)c1. The molecule has 0 N–H and O–H groups in total. The van der Waals surface area contributed by atoms with Gasteiger partial charge in [0.15, 0.2) is 0 Å². The van der Waals surface area contributed by atoms with Gasteiger partial charge >= 0.3 is 0 Å². The molecule has 1 heterocycles. The van der Waals surface area contributed by atoms with E-state index >= 15 is 0 Å². The first-order valence-electron chi connectivity index (χ1n) is 5.00. The van der Waals surface area contributed by atoms with Crippen LogP contribution in [0.15, 0.2) is 18.3 Å². The van der Waals surface area contributed by atoms with Gasteiger partial charge in [0.2, 0.25) is 0 Å². The number of hydrogen-bond acceptors (Lipinski definition) is 2. The molecular formula is C11H16ClNO. The minimum absolute atomic E-state index is 0.437. The van der Waals surface area contributed by atoms with E-state index in [1.54, 1.807) is 6.20 Å². The Morgan fingerprint density at radius 2 is 2.29 bits per heavy atom. The fourth-order valence-electron chi connectivity index (χ4n) is 1.16. The van der Waals surface area contributed by atoms with Crippen LogP contribution in [0.3, 0.4) is 0 Å². The van der Waals surface area contributed by atoms with Crippen LogP contribution in [0.2, 0.25) is 0 Å². The number of alkyl halides is 1. The van der Waals surface area contributed by atoms with E-state index in [2.05, 4.69) is 11.9 Å². The summed E-state index contributed by atoms with van der Waals surface area (Å²) in [6, 6.07) is 3.75. The number of rotatable bonds is 6. The quantitative estimate of drug-likeness (QED) is 0.534. The average molecular weight is 214 g/mol. The molecule has 2 nitrogen and oxygen atoms in total. The lowest BCUT2D eigenvalue weighted by molar-refractivity contribution is 0.305. The minimum atomic E-state index is 0.437. The highest BCUT2D eigenvalue weighted by atomic mass is 35.5. The van der Waals surface area contributed by atoms with Gasteiger partial charge in [0.25, 0.3) is 0 Å². The van der Waals surface area contributed by atoms with Gasteiger partial charge in [0, 0.05) is 12.3 Å². The van der Waals surface area contributed by atoms with Gasteiger partial charge in [-0.25, -0.2) is 0 Å². The van der Waals surface area contributed by atoms with Crippen molar-refractivity contribution >= 4 is 11.6 Å². The van der Waals surface area contributed by atoms with Crippen molar-refractivity contribution < 1.29 is 4.74 Å². The Morgan fingerprint density at radius 3 is 3.00 bits per heavy atom. The molecule has 14 heavy (non-hydrogen) atoms. The van der Waals surface area contributed by atoms with Crippen molar-refractivity contribution in [2.45, 2.75) is 32.1 Å². The molecule has 0 bridgehead atoms. The van der Waals surface area contributed by atoms with Gasteiger partial charge in [-0.2, -0.15) is 0 Å². The molecule has 0 amide bonds. The molecule has 1 aromatic heterocycles. The minimum Gasteiger partial charge on any atom is -0.493 e. The van der Waals surface area contributed by atoms with E-state index in [0.717, 1.165) is 24.5 Å². The zero-order chi connectivity index (χ0) is 10.2. The van der Waals surface area contributed by atoms with Crippen LogP contribution in [-0.2, 0) is 5.88 Å². The van der Waals surface area contributed by atoms with E-state index in [4.69, 9.17) is 16.3 Å². The molecule has 3 heteroatoms. The van der Waals surface area contributed by atoms with Gasteiger partial charge in [-0.3, -0.25) is 4.98 Å². The Hall–Kier alpha value is -0.760. The first-order chi connectivity index (χ1) is 6.86. The Balaban J connectivity index is 2.34. The molecule has 0 aliphatic heterocycles. The fraction of sp³-hybridized carbons (Fsp3) is 0.545. The highest BCUT2D eigenvalue weighted by molar-refractivity contribution is 6.16. The monoisotopic (exact) mass is 213 g/mol. The summed E-state index contributed by atoms with van der Waals surface area (Å²) in [6.45, 7) is 2.96. The number of hydrogen-bond donors (Lipinski definition) is 0. The Bertz CT molecular complexity index is 265. The standard InChI is InChI=1S/C11H16ClNO/c1-2-3-4-7-14-11-5-6-13-10(8-11)9-12/h5-6,8H,2-4,7,9H2,1H3. The molecule has 78 valence electrons. The Kier molecular flexibility index (Phi) is 5.38. The first kappa shape index (κ1) is 11.3. The summed E-state index contributed by atoms with van der Waals surface area (Å²) < 4.78 is 5.55. The summed E-state index contributed by atoms with van der Waals surface area (Å²) >= 11 is 5.66.